The van der Waals surface area contributed by atoms with Crippen LogP contribution in [0.5, 0.6) is 0 Å². The molecule has 1 N–H and O–H groups in total. The first-order valence-corrected chi connectivity index (χ1v) is 12.1. The van der Waals surface area contributed by atoms with E-state index in [1.54, 1.807) is 21.8 Å². The largest absolute Gasteiger partial charge is 0.445 e. The van der Waals surface area contributed by atoms with Crippen molar-refractivity contribution < 1.29 is 9.53 Å². The topological polar surface area (TPSA) is 84.7 Å². The third-order valence-corrected chi connectivity index (χ3v) is 6.51. The summed E-state index contributed by atoms with van der Waals surface area (Å²) in [6.45, 7) is 2.15. The van der Waals surface area contributed by atoms with Gasteiger partial charge in [0.2, 0.25) is 0 Å². The van der Waals surface area contributed by atoms with Gasteiger partial charge in [0.25, 0.3) is 0 Å². The van der Waals surface area contributed by atoms with Crippen molar-refractivity contribution in [1.82, 2.24) is 24.5 Å². The Balaban J connectivity index is 1.32. The molecule has 0 aliphatic carbocycles. The van der Waals surface area contributed by atoms with Crippen molar-refractivity contribution in [3.05, 3.63) is 88.4 Å². The van der Waals surface area contributed by atoms with E-state index in [0.29, 0.717) is 19.6 Å². The second-order valence-electron chi connectivity index (χ2n) is 8.33. The van der Waals surface area contributed by atoms with Gasteiger partial charge in [-0.25, -0.2) is 9.78 Å². The number of likely N-dealkylation sites (tertiary alicyclic amines) is 1. The van der Waals surface area contributed by atoms with Crippen LogP contribution in [0.4, 0.5) is 10.6 Å². The van der Waals surface area contributed by atoms with Crippen molar-refractivity contribution >= 4 is 33.5 Å². The average Bonchev–Trinajstić information content (AvgIpc) is 3.28. The SMILES string of the molecule is O=C(OCc1ccccc1)N1CCCC(c2cc(NCc3cccnc3)n3ncc(Br)c3n2)C1. The number of hydrogen-bond donors (Lipinski definition) is 1. The van der Waals surface area contributed by atoms with Gasteiger partial charge < -0.3 is 15.0 Å². The molecule has 1 aliphatic rings. The Labute approximate surface area is 206 Å². The van der Waals surface area contributed by atoms with Crippen molar-refractivity contribution in [1.29, 1.82) is 0 Å². The molecule has 3 aromatic heterocycles. The van der Waals surface area contributed by atoms with Crippen LogP contribution >= 0.6 is 15.9 Å². The number of carbonyl (C=O) groups is 1. The smallest absolute Gasteiger partial charge is 0.410 e. The Morgan fingerprint density at radius 2 is 2.00 bits per heavy atom. The Morgan fingerprint density at radius 1 is 1.15 bits per heavy atom. The molecule has 8 nitrogen and oxygen atoms in total. The van der Waals surface area contributed by atoms with Crippen LogP contribution in [-0.2, 0) is 17.9 Å². The van der Waals surface area contributed by atoms with E-state index in [1.807, 2.05) is 54.7 Å². The lowest BCUT2D eigenvalue weighted by atomic mass is 9.94. The van der Waals surface area contributed by atoms with Gasteiger partial charge in [0.15, 0.2) is 5.65 Å². The number of nitrogens with zero attached hydrogens (tertiary/aromatic N) is 5. The molecule has 0 spiro atoms. The van der Waals surface area contributed by atoms with E-state index < -0.39 is 0 Å². The summed E-state index contributed by atoms with van der Waals surface area (Å²) in [5.74, 6) is 0.960. The number of nitrogens with one attached hydrogen (secondary N) is 1. The van der Waals surface area contributed by atoms with Gasteiger partial charge in [-0.1, -0.05) is 36.4 Å². The molecule has 4 heterocycles. The number of carbonyl (C=O) groups excluding carboxylic acids is 1. The third-order valence-electron chi connectivity index (χ3n) is 5.95. The highest BCUT2D eigenvalue weighted by Crippen LogP contribution is 2.30. The fourth-order valence-electron chi connectivity index (χ4n) is 4.18. The number of hydrogen-bond acceptors (Lipinski definition) is 6. The highest BCUT2D eigenvalue weighted by Gasteiger charge is 2.27. The first kappa shape index (κ1) is 22.3. The molecule has 1 saturated heterocycles. The van der Waals surface area contributed by atoms with E-state index in [-0.39, 0.29) is 18.6 Å². The minimum atomic E-state index is -0.282. The molecular formula is C25H25BrN6O2. The lowest BCUT2D eigenvalue weighted by Crippen LogP contribution is -2.39. The average molecular weight is 521 g/mol. The standard InChI is InChI=1S/C25H25BrN6O2/c26-21-15-29-32-23(28-14-19-8-4-10-27-13-19)12-22(30-24(21)32)20-9-5-11-31(16-20)25(33)34-17-18-6-2-1-3-7-18/h1-4,6-8,10,12-13,15,20,28H,5,9,11,14,16-17H2. The first-order chi connectivity index (χ1) is 16.7. The first-order valence-electron chi connectivity index (χ1n) is 11.3. The highest BCUT2D eigenvalue weighted by molar-refractivity contribution is 9.10. The monoisotopic (exact) mass is 520 g/mol. The lowest BCUT2D eigenvalue weighted by Gasteiger charge is -2.32. The Bertz CT molecular complexity index is 1260. The zero-order valence-corrected chi connectivity index (χ0v) is 20.2. The summed E-state index contributed by atoms with van der Waals surface area (Å²) < 4.78 is 8.18. The minimum Gasteiger partial charge on any atom is -0.445 e. The molecule has 4 aromatic rings. The molecular weight excluding hydrogens is 496 g/mol. The number of pyridine rings is 1. The number of benzene rings is 1. The van der Waals surface area contributed by atoms with Gasteiger partial charge in [0.05, 0.1) is 16.4 Å². The second kappa shape index (κ2) is 10.2. The summed E-state index contributed by atoms with van der Waals surface area (Å²) >= 11 is 3.56. The van der Waals surface area contributed by atoms with Gasteiger partial charge in [0.1, 0.15) is 12.4 Å². The molecule has 34 heavy (non-hydrogen) atoms. The Kier molecular flexibility index (Phi) is 6.71. The fourth-order valence-corrected chi connectivity index (χ4v) is 4.53. The van der Waals surface area contributed by atoms with E-state index in [2.05, 4.69) is 31.3 Å². The summed E-state index contributed by atoms with van der Waals surface area (Å²) in [5, 5.41) is 7.92. The van der Waals surface area contributed by atoms with Crippen molar-refractivity contribution in [2.24, 2.45) is 0 Å². The molecule has 9 heteroatoms. The third kappa shape index (κ3) is 5.04. The Morgan fingerprint density at radius 3 is 2.82 bits per heavy atom. The maximum absolute atomic E-state index is 12.7. The van der Waals surface area contributed by atoms with Crippen LogP contribution in [-0.4, -0.2) is 43.7 Å². The van der Waals surface area contributed by atoms with Crippen molar-refractivity contribution in [2.45, 2.75) is 31.9 Å². The van der Waals surface area contributed by atoms with E-state index in [1.165, 1.54) is 0 Å². The summed E-state index contributed by atoms with van der Waals surface area (Å²) in [7, 11) is 0. The molecule has 1 amide bonds. The minimum absolute atomic E-state index is 0.115. The molecule has 1 fully saturated rings. The van der Waals surface area contributed by atoms with Gasteiger partial charge in [-0.15, -0.1) is 0 Å². The maximum atomic E-state index is 12.7. The van der Waals surface area contributed by atoms with Crippen molar-refractivity contribution in [3.63, 3.8) is 0 Å². The summed E-state index contributed by atoms with van der Waals surface area (Å²) in [4.78, 5) is 23.6. The number of piperidine rings is 1. The molecule has 5 rings (SSSR count). The second-order valence-corrected chi connectivity index (χ2v) is 9.19. The van der Waals surface area contributed by atoms with Crippen LogP contribution in [0.15, 0.2) is 71.6 Å². The van der Waals surface area contributed by atoms with Crippen LogP contribution in [0.3, 0.4) is 0 Å². The molecule has 1 unspecified atom stereocenters. The van der Waals surface area contributed by atoms with Gasteiger partial charge in [0, 0.05) is 44.0 Å². The molecule has 1 aliphatic heterocycles. The quantitative estimate of drug-likeness (QED) is 0.384. The number of amides is 1. The molecule has 174 valence electrons. The lowest BCUT2D eigenvalue weighted by molar-refractivity contribution is 0.0856. The van der Waals surface area contributed by atoms with Gasteiger partial charge >= 0.3 is 6.09 Å². The maximum Gasteiger partial charge on any atom is 0.410 e. The molecule has 1 atom stereocenters. The number of ether oxygens (including phenoxy) is 1. The molecule has 0 saturated carbocycles. The number of anilines is 1. The van der Waals surface area contributed by atoms with E-state index in [0.717, 1.165) is 45.6 Å². The number of aromatic nitrogens is 4. The van der Waals surface area contributed by atoms with Crippen LogP contribution in [0.25, 0.3) is 5.65 Å². The van der Waals surface area contributed by atoms with Crippen molar-refractivity contribution in [3.8, 4) is 0 Å². The van der Waals surface area contributed by atoms with Gasteiger partial charge in [-0.05, 0) is 46.0 Å². The summed E-state index contributed by atoms with van der Waals surface area (Å²) in [5.41, 5.74) is 3.73. The van der Waals surface area contributed by atoms with Crippen LogP contribution in [0.1, 0.15) is 35.6 Å². The van der Waals surface area contributed by atoms with Crippen LogP contribution in [0, 0.1) is 0 Å². The van der Waals surface area contributed by atoms with E-state index >= 15 is 0 Å². The highest BCUT2D eigenvalue weighted by atomic mass is 79.9. The molecule has 0 bridgehead atoms. The normalized spacial score (nSPS) is 15.9. The van der Waals surface area contributed by atoms with Gasteiger partial charge in [-0.2, -0.15) is 9.61 Å². The molecule has 1 aromatic carbocycles. The predicted molar refractivity (Wildman–Crippen MR) is 132 cm³/mol. The van der Waals surface area contributed by atoms with Crippen LogP contribution in [0.2, 0.25) is 0 Å². The van der Waals surface area contributed by atoms with E-state index in [4.69, 9.17) is 9.72 Å². The zero-order chi connectivity index (χ0) is 23.3. The van der Waals surface area contributed by atoms with E-state index in [9.17, 15) is 4.79 Å². The fraction of sp³-hybridized carbons (Fsp3) is 0.280. The van der Waals surface area contributed by atoms with Crippen molar-refractivity contribution in [2.75, 3.05) is 18.4 Å². The number of rotatable bonds is 6. The number of halogens is 1. The predicted octanol–water partition coefficient (Wildman–Crippen LogP) is 5.02. The number of fused-ring (bicyclic) bond motifs is 1. The summed E-state index contributed by atoms with van der Waals surface area (Å²) in [6.07, 6.45) is 6.92. The molecule has 0 radical (unpaired) electrons. The zero-order valence-electron chi connectivity index (χ0n) is 18.6. The van der Waals surface area contributed by atoms with Gasteiger partial charge in [-0.3, -0.25) is 4.98 Å². The Hall–Kier alpha value is -3.46. The summed E-state index contributed by atoms with van der Waals surface area (Å²) in [6, 6.07) is 15.7. The van der Waals surface area contributed by atoms with Crippen LogP contribution < -0.4 is 5.32 Å².